The van der Waals surface area contributed by atoms with E-state index in [0.29, 0.717) is 29.5 Å². The SMILES string of the molecule is Cc1ncc(-c2nc(Nc3ccc(C(=O)NCCN(C)C)c(F)c3)ncc2Cl)n1C(C)C. The van der Waals surface area contributed by atoms with Crippen molar-refractivity contribution in [1.82, 2.24) is 29.7 Å². The van der Waals surface area contributed by atoms with Gasteiger partial charge in [0.05, 0.1) is 28.7 Å². The van der Waals surface area contributed by atoms with Crippen LogP contribution in [0.1, 0.15) is 36.1 Å². The molecule has 32 heavy (non-hydrogen) atoms. The highest BCUT2D eigenvalue weighted by Crippen LogP contribution is 2.30. The van der Waals surface area contributed by atoms with E-state index in [1.165, 1.54) is 18.3 Å². The molecule has 0 radical (unpaired) electrons. The minimum Gasteiger partial charge on any atom is -0.351 e. The fraction of sp³-hybridized carbons (Fsp3) is 0.364. The van der Waals surface area contributed by atoms with Crippen molar-refractivity contribution in [2.45, 2.75) is 26.8 Å². The predicted octanol–water partition coefficient (Wildman–Crippen LogP) is 4.06. The molecule has 0 fully saturated rings. The fourth-order valence-electron chi connectivity index (χ4n) is 3.28. The summed E-state index contributed by atoms with van der Waals surface area (Å²) in [5, 5.41) is 6.06. The Hall–Kier alpha value is -3.04. The number of nitrogens with one attached hydrogen (secondary N) is 2. The number of likely N-dealkylation sites (N-methyl/N-ethyl adjacent to an activating group) is 1. The number of aryl methyl sites for hydroxylation is 1. The van der Waals surface area contributed by atoms with Crippen LogP contribution in [0.3, 0.4) is 0 Å². The van der Waals surface area contributed by atoms with Gasteiger partial charge in [0, 0.05) is 24.8 Å². The first kappa shape index (κ1) is 23.6. The molecule has 0 bridgehead atoms. The second-order valence-electron chi connectivity index (χ2n) is 7.92. The normalized spacial score (nSPS) is 11.3. The molecule has 0 aliphatic heterocycles. The van der Waals surface area contributed by atoms with E-state index in [-0.39, 0.29) is 17.6 Å². The number of aromatic nitrogens is 4. The minimum atomic E-state index is -0.639. The molecule has 0 atom stereocenters. The molecule has 10 heteroatoms. The Kier molecular flexibility index (Phi) is 7.42. The molecule has 8 nitrogen and oxygen atoms in total. The average molecular weight is 460 g/mol. The van der Waals surface area contributed by atoms with E-state index >= 15 is 0 Å². The molecule has 3 aromatic rings. The smallest absolute Gasteiger partial charge is 0.254 e. The van der Waals surface area contributed by atoms with Crippen LogP contribution >= 0.6 is 11.6 Å². The van der Waals surface area contributed by atoms with Gasteiger partial charge in [0.1, 0.15) is 17.3 Å². The van der Waals surface area contributed by atoms with Gasteiger partial charge in [-0.25, -0.2) is 19.3 Å². The van der Waals surface area contributed by atoms with Gasteiger partial charge in [-0.1, -0.05) is 11.6 Å². The second-order valence-corrected chi connectivity index (χ2v) is 8.33. The molecule has 0 saturated carbocycles. The molecule has 2 aromatic heterocycles. The van der Waals surface area contributed by atoms with Crippen molar-refractivity contribution >= 4 is 29.1 Å². The van der Waals surface area contributed by atoms with Crippen molar-refractivity contribution in [3.63, 3.8) is 0 Å². The molecule has 3 rings (SSSR count). The first-order valence-corrected chi connectivity index (χ1v) is 10.6. The largest absolute Gasteiger partial charge is 0.351 e. The van der Waals surface area contributed by atoms with Gasteiger partial charge in [0.15, 0.2) is 0 Å². The predicted molar refractivity (Wildman–Crippen MR) is 124 cm³/mol. The van der Waals surface area contributed by atoms with Crippen LogP contribution < -0.4 is 10.6 Å². The van der Waals surface area contributed by atoms with Crippen LogP contribution in [-0.4, -0.2) is 57.5 Å². The molecular weight excluding hydrogens is 433 g/mol. The Morgan fingerprint density at radius 3 is 2.66 bits per heavy atom. The molecule has 0 aliphatic carbocycles. The van der Waals surface area contributed by atoms with Gasteiger partial charge in [-0.3, -0.25) is 4.79 Å². The Morgan fingerprint density at radius 1 is 1.25 bits per heavy atom. The van der Waals surface area contributed by atoms with Crippen molar-refractivity contribution < 1.29 is 9.18 Å². The lowest BCUT2D eigenvalue weighted by Crippen LogP contribution is -2.31. The van der Waals surface area contributed by atoms with Crippen LogP contribution in [0.15, 0.2) is 30.6 Å². The van der Waals surface area contributed by atoms with Gasteiger partial charge in [-0.2, -0.15) is 0 Å². The number of benzene rings is 1. The number of carbonyl (C=O) groups is 1. The van der Waals surface area contributed by atoms with Crippen molar-refractivity contribution in [2.24, 2.45) is 0 Å². The van der Waals surface area contributed by atoms with Crippen molar-refractivity contribution in [1.29, 1.82) is 0 Å². The first-order chi connectivity index (χ1) is 15.2. The zero-order valence-electron chi connectivity index (χ0n) is 18.8. The Balaban J connectivity index is 1.81. The third kappa shape index (κ3) is 5.41. The second kappa shape index (κ2) is 10.1. The number of carbonyl (C=O) groups excluding carboxylic acids is 1. The standard InChI is InChI=1S/C22H27ClFN7O/c1-13(2)31-14(3)26-12-19(31)20-17(23)11-27-22(29-20)28-15-6-7-16(18(24)10-15)21(32)25-8-9-30(4)5/h6-7,10-13H,8-9H2,1-5H3,(H,25,32)(H,27,28,29). The summed E-state index contributed by atoms with van der Waals surface area (Å²) in [5.41, 5.74) is 1.68. The van der Waals surface area contributed by atoms with Gasteiger partial charge in [0.25, 0.3) is 5.91 Å². The zero-order valence-corrected chi connectivity index (χ0v) is 19.5. The quantitative estimate of drug-likeness (QED) is 0.528. The van der Waals surface area contributed by atoms with Gasteiger partial charge < -0.3 is 20.1 Å². The Labute approximate surface area is 191 Å². The number of nitrogens with zero attached hydrogens (tertiary/aromatic N) is 5. The van der Waals surface area contributed by atoms with Gasteiger partial charge >= 0.3 is 0 Å². The molecular formula is C22H27ClFN7O. The number of anilines is 2. The summed E-state index contributed by atoms with van der Waals surface area (Å²) < 4.78 is 16.6. The summed E-state index contributed by atoms with van der Waals surface area (Å²) in [6, 6.07) is 4.43. The van der Waals surface area contributed by atoms with Crippen LogP contribution in [0.4, 0.5) is 16.0 Å². The van der Waals surface area contributed by atoms with Crippen molar-refractivity contribution in [3.8, 4) is 11.4 Å². The maximum atomic E-state index is 14.6. The Bertz CT molecular complexity index is 1110. The highest BCUT2D eigenvalue weighted by atomic mass is 35.5. The Morgan fingerprint density at radius 2 is 2.00 bits per heavy atom. The fourth-order valence-corrected chi connectivity index (χ4v) is 3.47. The summed E-state index contributed by atoms with van der Waals surface area (Å²) in [4.78, 5) is 27.2. The van der Waals surface area contributed by atoms with Crippen LogP contribution in [0.2, 0.25) is 5.02 Å². The van der Waals surface area contributed by atoms with E-state index in [2.05, 4.69) is 25.6 Å². The molecule has 0 spiro atoms. The highest BCUT2D eigenvalue weighted by Gasteiger charge is 2.17. The van der Waals surface area contributed by atoms with Gasteiger partial charge in [-0.05, 0) is 53.1 Å². The molecule has 2 heterocycles. The molecule has 170 valence electrons. The van der Waals surface area contributed by atoms with E-state index in [1.54, 1.807) is 12.3 Å². The van der Waals surface area contributed by atoms with Crippen molar-refractivity contribution in [3.05, 3.63) is 52.8 Å². The summed E-state index contributed by atoms with van der Waals surface area (Å²) in [6.07, 6.45) is 3.21. The third-order valence-corrected chi connectivity index (χ3v) is 5.08. The van der Waals surface area contributed by atoms with E-state index in [4.69, 9.17) is 11.6 Å². The summed E-state index contributed by atoms with van der Waals surface area (Å²) in [5.74, 6) is 0.000135. The molecule has 0 unspecified atom stereocenters. The third-order valence-electron chi connectivity index (χ3n) is 4.80. The van der Waals surface area contributed by atoms with Crippen molar-refractivity contribution in [2.75, 3.05) is 32.5 Å². The van der Waals surface area contributed by atoms with E-state index in [0.717, 1.165) is 11.5 Å². The maximum Gasteiger partial charge on any atom is 0.254 e. The van der Waals surface area contributed by atoms with E-state index in [1.807, 2.05) is 44.3 Å². The molecule has 2 N–H and O–H groups in total. The van der Waals surface area contributed by atoms with Crippen LogP contribution in [0.5, 0.6) is 0 Å². The lowest BCUT2D eigenvalue weighted by molar-refractivity contribution is 0.0947. The number of hydrogen-bond donors (Lipinski definition) is 2. The van der Waals surface area contributed by atoms with Crippen LogP contribution in [0, 0.1) is 12.7 Å². The number of halogens is 2. The molecule has 0 aliphatic rings. The lowest BCUT2D eigenvalue weighted by atomic mass is 10.1. The summed E-state index contributed by atoms with van der Waals surface area (Å²) in [6.45, 7) is 7.11. The monoisotopic (exact) mass is 459 g/mol. The first-order valence-electron chi connectivity index (χ1n) is 10.2. The number of rotatable bonds is 8. The van der Waals surface area contributed by atoms with Gasteiger partial charge in [-0.15, -0.1) is 0 Å². The van der Waals surface area contributed by atoms with E-state index in [9.17, 15) is 9.18 Å². The van der Waals surface area contributed by atoms with Crippen LogP contribution in [0.25, 0.3) is 11.4 Å². The maximum absolute atomic E-state index is 14.6. The lowest BCUT2D eigenvalue weighted by Gasteiger charge is -2.15. The van der Waals surface area contributed by atoms with E-state index < -0.39 is 11.7 Å². The number of hydrogen-bond acceptors (Lipinski definition) is 6. The molecule has 0 saturated heterocycles. The number of amides is 1. The zero-order chi connectivity index (χ0) is 23.4. The summed E-state index contributed by atoms with van der Waals surface area (Å²) >= 11 is 6.36. The topological polar surface area (TPSA) is 88.0 Å². The highest BCUT2D eigenvalue weighted by molar-refractivity contribution is 6.32. The average Bonchev–Trinajstić information content (AvgIpc) is 3.10. The van der Waals surface area contributed by atoms with Gasteiger partial charge in [0.2, 0.25) is 5.95 Å². The molecule has 1 amide bonds. The minimum absolute atomic E-state index is 0.0247. The summed E-state index contributed by atoms with van der Waals surface area (Å²) in [7, 11) is 3.80. The molecule has 1 aromatic carbocycles. The number of imidazole rings is 1. The van der Waals surface area contributed by atoms with Crippen LogP contribution in [-0.2, 0) is 0 Å².